The van der Waals surface area contributed by atoms with E-state index in [2.05, 4.69) is 10.1 Å². The number of para-hydroxylation sites is 2. The number of aromatic hydroxyl groups is 1. The van der Waals surface area contributed by atoms with Gasteiger partial charge < -0.3 is 5.11 Å². The number of phenolic OH excluding ortho intramolecular Hbond substituents is 1. The molecule has 2 aromatic carbocycles. The number of halogens is 1. The lowest BCUT2D eigenvalue weighted by molar-refractivity contribution is 0.476. The maximum Gasteiger partial charge on any atom is 0.208 e. The van der Waals surface area contributed by atoms with Gasteiger partial charge in [-0.05, 0) is 24.3 Å². The molecule has 0 bridgehead atoms. The second-order valence-electron chi connectivity index (χ2n) is 4.42. The van der Waals surface area contributed by atoms with E-state index in [1.54, 1.807) is 22.9 Å². The Morgan fingerprint density at radius 2 is 1.86 bits per heavy atom. The van der Waals surface area contributed by atoms with E-state index in [-0.39, 0.29) is 5.75 Å². The van der Waals surface area contributed by atoms with E-state index in [0.29, 0.717) is 15.5 Å². The number of nitrogens with zero attached hydrogens (tertiary/aromatic N) is 3. The van der Waals surface area contributed by atoms with Crippen LogP contribution < -0.4 is 4.80 Å². The fourth-order valence-corrected chi connectivity index (χ4v) is 2.85. The summed E-state index contributed by atoms with van der Waals surface area (Å²) in [5.41, 5.74) is 1.51. The highest BCUT2D eigenvalue weighted by Gasteiger charge is 2.06. The largest absolute Gasteiger partial charge is 0.506 e. The lowest BCUT2D eigenvalue weighted by Crippen LogP contribution is -2.10. The van der Waals surface area contributed by atoms with Gasteiger partial charge in [-0.2, -0.15) is 5.10 Å². The van der Waals surface area contributed by atoms with E-state index in [4.69, 9.17) is 11.6 Å². The van der Waals surface area contributed by atoms with Gasteiger partial charge in [0.15, 0.2) is 0 Å². The quantitative estimate of drug-likeness (QED) is 0.782. The van der Waals surface area contributed by atoms with Gasteiger partial charge in [-0.25, -0.2) is 9.67 Å². The highest BCUT2D eigenvalue weighted by molar-refractivity contribution is 7.12. The predicted molar refractivity (Wildman–Crippen MR) is 84.9 cm³/mol. The fourth-order valence-electron chi connectivity index (χ4n) is 1.82. The number of benzene rings is 2. The number of aryl methyl sites for hydroxylation is 1. The Balaban J connectivity index is 2.06. The molecule has 106 valence electrons. The number of aromatic nitrogens is 2. The monoisotopic (exact) mass is 317 g/mol. The van der Waals surface area contributed by atoms with Gasteiger partial charge in [0.25, 0.3) is 0 Å². The number of phenols is 1. The van der Waals surface area contributed by atoms with Crippen LogP contribution in [0.25, 0.3) is 10.6 Å². The molecule has 1 N–H and O–H groups in total. The van der Waals surface area contributed by atoms with Gasteiger partial charge in [-0.1, -0.05) is 47.2 Å². The summed E-state index contributed by atoms with van der Waals surface area (Å²) in [7, 11) is 1.83. The van der Waals surface area contributed by atoms with Crippen molar-refractivity contribution >= 4 is 28.6 Å². The molecule has 0 aliphatic rings. The zero-order valence-corrected chi connectivity index (χ0v) is 12.8. The summed E-state index contributed by atoms with van der Waals surface area (Å²) in [5.74, 6) is 0.152. The molecule has 3 rings (SSSR count). The molecule has 0 radical (unpaired) electrons. The summed E-state index contributed by atoms with van der Waals surface area (Å²) < 4.78 is 1.70. The van der Waals surface area contributed by atoms with E-state index in [1.807, 2.05) is 37.4 Å². The minimum atomic E-state index is 0.152. The van der Waals surface area contributed by atoms with E-state index in [9.17, 15) is 5.11 Å². The number of hydrogen-bond acceptors (Lipinski definition) is 4. The number of hydrogen-bond donors (Lipinski definition) is 1. The molecule has 0 amide bonds. The smallest absolute Gasteiger partial charge is 0.208 e. The van der Waals surface area contributed by atoms with Crippen molar-refractivity contribution in [2.24, 2.45) is 12.0 Å². The SMILES string of the molecule is Cn1nc(-c2ccc(Cl)cc2)sc1=Nc1ccccc1O. The zero-order chi connectivity index (χ0) is 14.8. The Labute approximate surface area is 130 Å². The Morgan fingerprint density at radius 1 is 1.14 bits per heavy atom. The highest BCUT2D eigenvalue weighted by Crippen LogP contribution is 2.25. The first-order chi connectivity index (χ1) is 10.1. The van der Waals surface area contributed by atoms with Crippen molar-refractivity contribution in [1.29, 1.82) is 0 Å². The van der Waals surface area contributed by atoms with Crippen molar-refractivity contribution in [1.82, 2.24) is 9.78 Å². The van der Waals surface area contributed by atoms with Crippen LogP contribution in [0.2, 0.25) is 5.02 Å². The first-order valence-electron chi connectivity index (χ1n) is 6.26. The first kappa shape index (κ1) is 13.9. The normalized spacial score (nSPS) is 11.8. The molecule has 0 fully saturated rings. The summed E-state index contributed by atoms with van der Waals surface area (Å²) in [6, 6.07) is 14.5. The van der Waals surface area contributed by atoms with Crippen LogP contribution in [0, 0.1) is 0 Å². The molecule has 0 unspecified atom stereocenters. The van der Waals surface area contributed by atoms with E-state index >= 15 is 0 Å². The molecule has 0 atom stereocenters. The van der Waals surface area contributed by atoms with Crippen LogP contribution >= 0.6 is 22.9 Å². The molecule has 4 nitrogen and oxygen atoms in total. The van der Waals surface area contributed by atoms with Gasteiger partial charge in [-0.15, -0.1) is 0 Å². The van der Waals surface area contributed by atoms with Crippen molar-refractivity contribution in [2.45, 2.75) is 0 Å². The van der Waals surface area contributed by atoms with Crippen LogP contribution in [0.4, 0.5) is 5.69 Å². The van der Waals surface area contributed by atoms with Gasteiger partial charge in [-0.3, -0.25) is 0 Å². The Bertz CT molecular complexity index is 837. The minimum absolute atomic E-state index is 0.152. The van der Waals surface area contributed by atoms with Crippen molar-refractivity contribution in [3.63, 3.8) is 0 Å². The fraction of sp³-hybridized carbons (Fsp3) is 0.0667. The molecule has 6 heteroatoms. The van der Waals surface area contributed by atoms with Crippen LogP contribution in [-0.4, -0.2) is 14.9 Å². The summed E-state index contributed by atoms with van der Waals surface area (Å²) in [5, 5.41) is 15.8. The number of rotatable bonds is 2. The van der Waals surface area contributed by atoms with Gasteiger partial charge in [0.05, 0.1) is 0 Å². The predicted octanol–water partition coefficient (Wildman–Crippen LogP) is 3.74. The minimum Gasteiger partial charge on any atom is -0.506 e. The Hall–Kier alpha value is -2.11. The molecule has 0 saturated carbocycles. The van der Waals surface area contributed by atoms with Crippen molar-refractivity contribution in [3.8, 4) is 16.3 Å². The van der Waals surface area contributed by atoms with Gasteiger partial charge >= 0.3 is 0 Å². The Kier molecular flexibility index (Phi) is 3.77. The van der Waals surface area contributed by atoms with Gasteiger partial charge in [0.1, 0.15) is 16.4 Å². The molecular formula is C15H12ClN3OS. The van der Waals surface area contributed by atoms with Crippen molar-refractivity contribution in [2.75, 3.05) is 0 Å². The molecular weight excluding hydrogens is 306 g/mol. The van der Waals surface area contributed by atoms with Crippen molar-refractivity contribution < 1.29 is 5.11 Å². The maximum atomic E-state index is 9.78. The van der Waals surface area contributed by atoms with Crippen molar-refractivity contribution in [3.05, 3.63) is 58.4 Å². The lowest BCUT2D eigenvalue weighted by Gasteiger charge is -1.95. The first-order valence-corrected chi connectivity index (χ1v) is 7.46. The maximum absolute atomic E-state index is 9.78. The van der Waals surface area contributed by atoms with Gasteiger partial charge in [0.2, 0.25) is 4.80 Å². The molecule has 0 aliphatic carbocycles. The second-order valence-corrected chi connectivity index (χ2v) is 5.81. The standard InChI is InChI=1S/C15H12ClN3OS/c1-19-15(17-12-4-2-3-5-13(12)20)21-14(18-19)10-6-8-11(16)9-7-10/h2-9,20H,1H3. The Morgan fingerprint density at radius 3 is 2.57 bits per heavy atom. The zero-order valence-electron chi connectivity index (χ0n) is 11.2. The molecule has 21 heavy (non-hydrogen) atoms. The van der Waals surface area contributed by atoms with E-state index in [0.717, 1.165) is 10.6 Å². The summed E-state index contributed by atoms with van der Waals surface area (Å²) >= 11 is 7.34. The molecule has 0 saturated heterocycles. The average molecular weight is 318 g/mol. The van der Waals surface area contributed by atoms with Crippen LogP contribution in [-0.2, 0) is 7.05 Å². The molecule has 0 spiro atoms. The van der Waals surface area contributed by atoms with E-state index < -0.39 is 0 Å². The topological polar surface area (TPSA) is 50.4 Å². The van der Waals surface area contributed by atoms with Crippen LogP contribution in [0.5, 0.6) is 5.75 Å². The van der Waals surface area contributed by atoms with Crippen LogP contribution in [0.15, 0.2) is 53.5 Å². The third-order valence-corrected chi connectivity index (χ3v) is 4.20. The average Bonchev–Trinajstić information content (AvgIpc) is 2.83. The van der Waals surface area contributed by atoms with Crippen LogP contribution in [0.3, 0.4) is 0 Å². The summed E-state index contributed by atoms with van der Waals surface area (Å²) in [6.07, 6.45) is 0. The van der Waals surface area contributed by atoms with Gasteiger partial charge in [0, 0.05) is 17.6 Å². The molecule has 0 aliphatic heterocycles. The molecule has 1 aromatic heterocycles. The summed E-state index contributed by atoms with van der Waals surface area (Å²) in [6.45, 7) is 0. The van der Waals surface area contributed by atoms with Crippen LogP contribution in [0.1, 0.15) is 0 Å². The molecule has 1 heterocycles. The molecule has 3 aromatic rings. The second kappa shape index (κ2) is 5.71. The van der Waals surface area contributed by atoms with E-state index in [1.165, 1.54) is 11.3 Å². The third kappa shape index (κ3) is 2.99. The lowest BCUT2D eigenvalue weighted by atomic mass is 10.2. The highest BCUT2D eigenvalue weighted by atomic mass is 35.5. The summed E-state index contributed by atoms with van der Waals surface area (Å²) in [4.78, 5) is 5.16. The third-order valence-electron chi connectivity index (χ3n) is 2.89.